The first kappa shape index (κ1) is 18.9. The highest BCUT2D eigenvalue weighted by atomic mass is 79.9. The summed E-state index contributed by atoms with van der Waals surface area (Å²) < 4.78 is 30.0. The molecule has 1 aromatic rings. The van der Waals surface area contributed by atoms with E-state index in [-0.39, 0.29) is 35.3 Å². The van der Waals surface area contributed by atoms with E-state index in [9.17, 15) is 13.2 Å². The maximum atomic E-state index is 12.1. The minimum Gasteiger partial charge on any atom is -0.375 e. The minimum atomic E-state index is -3.08. The first-order valence-corrected chi connectivity index (χ1v) is 11.2. The number of aryl methyl sites for hydroxylation is 2. The molecule has 0 aliphatic carbocycles. The van der Waals surface area contributed by atoms with E-state index in [0.717, 1.165) is 21.3 Å². The van der Waals surface area contributed by atoms with Crippen LogP contribution in [0.25, 0.3) is 0 Å². The molecule has 0 N–H and O–H groups in total. The average molecular weight is 447 g/mol. The summed E-state index contributed by atoms with van der Waals surface area (Å²) >= 11 is 4.86. The number of benzene rings is 1. The lowest BCUT2D eigenvalue weighted by Crippen LogP contribution is -2.38. The SMILES string of the molecule is COCC(=O)N=C1S[C@H]2CS(=O)(=O)C[C@H]2N1c1c(C)cc(Br)cc1C. The lowest BCUT2D eigenvalue weighted by atomic mass is 10.1. The smallest absolute Gasteiger partial charge is 0.274 e. The average Bonchev–Trinajstić information content (AvgIpc) is 2.91. The number of hydrogen-bond donors (Lipinski definition) is 0. The molecule has 0 aromatic heterocycles. The molecule has 2 aliphatic heterocycles. The first-order chi connectivity index (χ1) is 11.7. The Hall–Kier alpha value is -0.900. The molecule has 0 spiro atoms. The van der Waals surface area contributed by atoms with E-state index in [4.69, 9.17) is 4.74 Å². The highest BCUT2D eigenvalue weighted by Crippen LogP contribution is 2.43. The van der Waals surface area contributed by atoms with Crippen molar-refractivity contribution in [1.29, 1.82) is 0 Å². The summed E-state index contributed by atoms with van der Waals surface area (Å²) in [4.78, 5) is 18.1. The van der Waals surface area contributed by atoms with Crippen LogP contribution in [0.5, 0.6) is 0 Å². The molecule has 9 heteroatoms. The van der Waals surface area contributed by atoms with Gasteiger partial charge >= 0.3 is 0 Å². The number of ether oxygens (including phenoxy) is 1. The first-order valence-electron chi connectivity index (χ1n) is 7.75. The fourth-order valence-electron chi connectivity index (χ4n) is 3.37. The number of rotatable bonds is 3. The van der Waals surface area contributed by atoms with Crippen molar-refractivity contribution in [1.82, 2.24) is 0 Å². The molecule has 0 bridgehead atoms. The van der Waals surface area contributed by atoms with E-state index in [2.05, 4.69) is 20.9 Å². The monoisotopic (exact) mass is 446 g/mol. The lowest BCUT2D eigenvalue weighted by Gasteiger charge is -2.28. The van der Waals surface area contributed by atoms with E-state index < -0.39 is 9.84 Å². The predicted molar refractivity (Wildman–Crippen MR) is 104 cm³/mol. The third kappa shape index (κ3) is 3.79. The van der Waals surface area contributed by atoms with Crippen molar-refractivity contribution in [3.8, 4) is 0 Å². The Balaban J connectivity index is 2.09. The number of halogens is 1. The van der Waals surface area contributed by atoms with Gasteiger partial charge in [0.15, 0.2) is 15.0 Å². The molecule has 1 aromatic carbocycles. The second-order valence-corrected chi connectivity index (χ2v) is 10.6. The van der Waals surface area contributed by atoms with E-state index in [1.807, 2.05) is 30.9 Å². The molecule has 136 valence electrons. The van der Waals surface area contributed by atoms with Gasteiger partial charge in [0.05, 0.1) is 17.5 Å². The van der Waals surface area contributed by atoms with Gasteiger partial charge in [0.2, 0.25) is 0 Å². The van der Waals surface area contributed by atoms with Crippen LogP contribution >= 0.6 is 27.7 Å². The quantitative estimate of drug-likeness (QED) is 0.708. The minimum absolute atomic E-state index is 0.0805. The van der Waals surface area contributed by atoms with Crippen LogP contribution < -0.4 is 4.90 Å². The summed E-state index contributed by atoms with van der Waals surface area (Å²) in [6, 6.07) is 3.76. The number of carbonyl (C=O) groups is 1. The van der Waals surface area contributed by atoms with E-state index in [1.165, 1.54) is 18.9 Å². The van der Waals surface area contributed by atoms with Crippen molar-refractivity contribution >= 4 is 54.3 Å². The second kappa shape index (κ2) is 7.02. The fourth-order valence-corrected chi connectivity index (χ4v) is 7.98. The molecule has 0 unspecified atom stereocenters. The Morgan fingerprint density at radius 1 is 1.36 bits per heavy atom. The largest absolute Gasteiger partial charge is 0.375 e. The molecule has 3 rings (SSSR count). The lowest BCUT2D eigenvalue weighted by molar-refractivity contribution is -0.121. The van der Waals surface area contributed by atoms with E-state index >= 15 is 0 Å². The molecule has 2 saturated heterocycles. The molecule has 2 atom stereocenters. The summed E-state index contributed by atoms with van der Waals surface area (Å²) in [5.74, 6) is -0.174. The molecule has 6 nitrogen and oxygen atoms in total. The molecule has 1 amide bonds. The topological polar surface area (TPSA) is 76.0 Å². The second-order valence-electron chi connectivity index (χ2n) is 6.28. The Labute approximate surface area is 160 Å². The van der Waals surface area contributed by atoms with Gasteiger partial charge in [-0.15, -0.1) is 0 Å². The van der Waals surface area contributed by atoms with Crippen molar-refractivity contribution in [2.45, 2.75) is 25.1 Å². The zero-order valence-corrected chi connectivity index (χ0v) is 17.4. The highest BCUT2D eigenvalue weighted by molar-refractivity contribution is 9.10. The maximum absolute atomic E-state index is 12.1. The normalized spacial score (nSPS) is 26.2. The number of nitrogens with zero attached hydrogens (tertiary/aromatic N) is 2. The zero-order chi connectivity index (χ0) is 18.4. The molecule has 2 aliphatic rings. The molecule has 25 heavy (non-hydrogen) atoms. The molecular weight excluding hydrogens is 428 g/mol. The van der Waals surface area contributed by atoms with E-state index in [0.29, 0.717) is 5.17 Å². The predicted octanol–water partition coefficient (Wildman–Crippen LogP) is 2.31. The van der Waals surface area contributed by atoms with Crippen LogP contribution in [0.3, 0.4) is 0 Å². The number of amidine groups is 1. The van der Waals surface area contributed by atoms with Gasteiger partial charge < -0.3 is 9.64 Å². The number of fused-ring (bicyclic) bond motifs is 1. The third-order valence-electron chi connectivity index (χ3n) is 4.25. The van der Waals surface area contributed by atoms with Crippen LogP contribution in [0.1, 0.15) is 11.1 Å². The Morgan fingerprint density at radius 3 is 2.60 bits per heavy atom. The van der Waals surface area contributed by atoms with Crippen LogP contribution in [0.4, 0.5) is 5.69 Å². The number of methoxy groups -OCH3 is 1. The number of carbonyl (C=O) groups excluding carboxylic acids is 1. The van der Waals surface area contributed by atoms with Gasteiger partial charge in [0.25, 0.3) is 5.91 Å². The summed E-state index contributed by atoms with van der Waals surface area (Å²) in [6.45, 7) is 3.86. The van der Waals surface area contributed by atoms with Crippen molar-refractivity contribution < 1.29 is 17.9 Å². The van der Waals surface area contributed by atoms with Crippen LogP contribution in [0.15, 0.2) is 21.6 Å². The molecule has 0 radical (unpaired) electrons. The number of amides is 1. The molecule has 2 fully saturated rings. The molecule has 0 saturated carbocycles. The number of anilines is 1. The fraction of sp³-hybridized carbons (Fsp3) is 0.500. The van der Waals surface area contributed by atoms with Crippen LogP contribution in [0.2, 0.25) is 0 Å². The standard InChI is InChI=1S/C16H19BrN2O4S2/c1-9-4-11(17)5-10(2)15(9)19-12-7-25(21,22)8-13(12)24-16(19)18-14(20)6-23-3/h4-5,12-13H,6-8H2,1-3H3/t12-,13+/m1/s1. The summed E-state index contributed by atoms with van der Waals surface area (Å²) in [6.07, 6.45) is 0. The van der Waals surface area contributed by atoms with Gasteiger partial charge in [-0.3, -0.25) is 4.79 Å². The van der Waals surface area contributed by atoms with Crippen molar-refractivity contribution in [3.63, 3.8) is 0 Å². The van der Waals surface area contributed by atoms with Crippen molar-refractivity contribution in [2.24, 2.45) is 4.99 Å². The third-order valence-corrected chi connectivity index (χ3v) is 7.92. The Kier molecular flexibility index (Phi) is 5.30. The van der Waals surface area contributed by atoms with Crippen LogP contribution in [-0.4, -0.2) is 56.0 Å². The number of sulfone groups is 1. The number of thioether (sulfide) groups is 1. The zero-order valence-electron chi connectivity index (χ0n) is 14.2. The summed E-state index contributed by atoms with van der Waals surface area (Å²) in [7, 11) is -1.63. The Bertz CT molecular complexity index is 831. The van der Waals surface area contributed by atoms with Gasteiger partial charge in [-0.05, 0) is 37.1 Å². The van der Waals surface area contributed by atoms with Gasteiger partial charge in [-0.1, -0.05) is 27.7 Å². The summed E-state index contributed by atoms with van der Waals surface area (Å²) in [5, 5.41) is 0.446. The molecular formula is C16H19BrN2O4S2. The highest BCUT2D eigenvalue weighted by Gasteiger charge is 2.50. The summed E-state index contributed by atoms with van der Waals surface area (Å²) in [5.41, 5.74) is 2.93. The van der Waals surface area contributed by atoms with Crippen LogP contribution in [-0.2, 0) is 19.4 Å². The van der Waals surface area contributed by atoms with Crippen molar-refractivity contribution in [3.05, 3.63) is 27.7 Å². The maximum Gasteiger partial charge on any atom is 0.274 e. The Morgan fingerprint density at radius 2 is 2.00 bits per heavy atom. The number of aliphatic imine (C=N–C) groups is 1. The van der Waals surface area contributed by atoms with Crippen molar-refractivity contribution in [2.75, 3.05) is 30.1 Å². The number of hydrogen-bond acceptors (Lipinski definition) is 5. The van der Waals surface area contributed by atoms with Gasteiger partial charge in [0, 0.05) is 22.5 Å². The van der Waals surface area contributed by atoms with Gasteiger partial charge in [-0.2, -0.15) is 4.99 Å². The van der Waals surface area contributed by atoms with Gasteiger partial charge in [0.1, 0.15) is 6.61 Å². The van der Waals surface area contributed by atoms with Gasteiger partial charge in [-0.25, -0.2) is 8.42 Å². The molecule has 2 heterocycles. The van der Waals surface area contributed by atoms with E-state index in [1.54, 1.807) is 0 Å². The van der Waals surface area contributed by atoms with Crippen LogP contribution in [0, 0.1) is 13.8 Å².